The summed E-state index contributed by atoms with van der Waals surface area (Å²) in [7, 11) is 0. The van der Waals surface area contributed by atoms with Gasteiger partial charge in [0.15, 0.2) is 0 Å². The molecule has 3 heteroatoms. The van der Waals surface area contributed by atoms with Gasteiger partial charge in [0, 0.05) is 35.6 Å². The van der Waals surface area contributed by atoms with Crippen molar-refractivity contribution in [1.29, 1.82) is 0 Å². The summed E-state index contributed by atoms with van der Waals surface area (Å²) in [6.45, 7) is 5.06. The molecule has 0 aliphatic carbocycles. The highest BCUT2D eigenvalue weighted by Crippen LogP contribution is 2.40. The second-order valence-electron chi connectivity index (χ2n) is 5.53. The molecule has 0 fully saturated rings. The lowest BCUT2D eigenvalue weighted by molar-refractivity contribution is 0.0986. The van der Waals surface area contributed by atoms with Gasteiger partial charge in [0.25, 0.3) is 5.91 Å². The lowest BCUT2D eigenvalue weighted by Crippen LogP contribution is -2.33. The summed E-state index contributed by atoms with van der Waals surface area (Å²) in [6.07, 6.45) is 3.31. The molecule has 0 N–H and O–H groups in total. The normalized spacial score (nSPS) is 16.2. The molecule has 1 amide bonds. The maximum Gasteiger partial charge on any atom is 0.258 e. The first-order valence-corrected chi connectivity index (χ1v) is 6.41. The number of rotatable bonds is 1. The summed E-state index contributed by atoms with van der Waals surface area (Å²) in [4.78, 5) is 18.4. The molecule has 0 bridgehead atoms. The number of hydrogen-bond acceptors (Lipinski definition) is 2. The summed E-state index contributed by atoms with van der Waals surface area (Å²) in [5.41, 5.74) is 2.94. The van der Waals surface area contributed by atoms with Gasteiger partial charge >= 0.3 is 0 Å². The van der Waals surface area contributed by atoms with Gasteiger partial charge in [-0.05, 0) is 23.8 Å². The number of benzene rings is 1. The molecule has 0 radical (unpaired) electrons. The van der Waals surface area contributed by atoms with E-state index in [-0.39, 0.29) is 11.3 Å². The van der Waals surface area contributed by atoms with Crippen LogP contribution in [0, 0.1) is 0 Å². The molecule has 3 rings (SSSR count). The molecule has 0 atom stereocenters. The largest absolute Gasteiger partial charge is 0.307 e. The predicted octanol–water partition coefficient (Wildman–Crippen LogP) is 3.02. The van der Waals surface area contributed by atoms with Crippen LogP contribution in [0.15, 0.2) is 48.8 Å². The van der Waals surface area contributed by atoms with E-state index in [2.05, 4.69) is 24.9 Å². The molecule has 19 heavy (non-hydrogen) atoms. The third-order valence-corrected chi connectivity index (χ3v) is 3.65. The number of nitrogens with zero attached hydrogens (tertiary/aromatic N) is 2. The van der Waals surface area contributed by atoms with Crippen LogP contribution < -0.4 is 4.90 Å². The Bertz CT molecular complexity index is 620. The zero-order valence-corrected chi connectivity index (χ0v) is 11.1. The maximum atomic E-state index is 12.6. The van der Waals surface area contributed by atoms with Gasteiger partial charge in [0.2, 0.25) is 0 Å². The van der Waals surface area contributed by atoms with Crippen LogP contribution in [-0.2, 0) is 5.41 Å². The second-order valence-corrected chi connectivity index (χ2v) is 5.53. The van der Waals surface area contributed by atoms with Gasteiger partial charge in [0.05, 0.1) is 0 Å². The van der Waals surface area contributed by atoms with Gasteiger partial charge in [-0.25, -0.2) is 0 Å². The maximum absolute atomic E-state index is 12.6. The zero-order chi connectivity index (χ0) is 13.5. The van der Waals surface area contributed by atoms with Crippen molar-refractivity contribution in [2.45, 2.75) is 19.3 Å². The number of fused-ring (bicyclic) bond motifs is 1. The van der Waals surface area contributed by atoms with Crippen molar-refractivity contribution in [2.24, 2.45) is 0 Å². The molecule has 3 nitrogen and oxygen atoms in total. The van der Waals surface area contributed by atoms with Gasteiger partial charge in [-0.2, -0.15) is 0 Å². The van der Waals surface area contributed by atoms with Crippen LogP contribution in [0.1, 0.15) is 29.8 Å². The molecule has 0 saturated carbocycles. The first kappa shape index (κ1) is 11.9. The van der Waals surface area contributed by atoms with Crippen LogP contribution in [0.3, 0.4) is 0 Å². The lowest BCUT2D eigenvalue weighted by atomic mass is 9.87. The highest BCUT2D eigenvalue weighted by molar-refractivity contribution is 6.07. The summed E-state index contributed by atoms with van der Waals surface area (Å²) in [5, 5.41) is 0. The van der Waals surface area contributed by atoms with Crippen molar-refractivity contribution in [3.05, 3.63) is 59.9 Å². The minimum Gasteiger partial charge on any atom is -0.307 e. The third kappa shape index (κ3) is 1.91. The van der Waals surface area contributed by atoms with Gasteiger partial charge in [-0.3, -0.25) is 9.78 Å². The topological polar surface area (TPSA) is 33.2 Å². The average molecular weight is 252 g/mol. The molecule has 1 aromatic carbocycles. The molecule has 96 valence electrons. The van der Waals surface area contributed by atoms with E-state index in [1.807, 2.05) is 23.1 Å². The molecular formula is C16H16N2O. The number of hydrogen-bond donors (Lipinski definition) is 0. The van der Waals surface area contributed by atoms with Crippen molar-refractivity contribution in [3.8, 4) is 0 Å². The van der Waals surface area contributed by atoms with E-state index < -0.39 is 0 Å². The van der Waals surface area contributed by atoms with E-state index in [9.17, 15) is 4.79 Å². The highest BCUT2D eigenvalue weighted by atomic mass is 16.2. The first-order chi connectivity index (χ1) is 9.09. The van der Waals surface area contributed by atoms with Crippen LogP contribution in [0.4, 0.5) is 5.69 Å². The number of para-hydroxylation sites is 1. The van der Waals surface area contributed by atoms with Crippen LogP contribution in [0.5, 0.6) is 0 Å². The number of pyridine rings is 1. The van der Waals surface area contributed by atoms with E-state index >= 15 is 0 Å². The molecule has 0 spiro atoms. The van der Waals surface area contributed by atoms with E-state index in [1.165, 1.54) is 5.56 Å². The molecule has 0 unspecified atom stereocenters. The number of anilines is 1. The molecule has 0 saturated heterocycles. The Morgan fingerprint density at radius 2 is 1.84 bits per heavy atom. The van der Waals surface area contributed by atoms with Crippen LogP contribution in [0.25, 0.3) is 0 Å². The molecule has 1 aliphatic heterocycles. The van der Waals surface area contributed by atoms with E-state index in [0.717, 1.165) is 5.69 Å². The van der Waals surface area contributed by atoms with Gasteiger partial charge in [-0.1, -0.05) is 32.0 Å². The first-order valence-electron chi connectivity index (χ1n) is 6.41. The zero-order valence-electron chi connectivity index (χ0n) is 11.1. The molecule has 2 heterocycles. The SMILES string of the molecule is CC1(C)CN(C(=O)c2ccncc2)c2ccccc21. The number of amides is 1. The average Bonchev–Trinajstić information content (AvgIpc) is 2.72. The third-order valence-electron chi connectivity index (χ3n) is 3.65. The van der Waals surface area contributed by atoms with Crippen molar-refractivity contribution in [1.82, 2.24) is 4.98 Å². The van der Waals surface area contributed by atoms with Crippen LogP contribution in [-0.4, -0.2) is 17.4 Å². The smallest absolute Gasteiger partial charge is 0.258 e. The standard InChI is InChI=1S/C16H16N2O/c1-16(2)11-18(14-6-4-3-5-13(14)16)15(19)12-7-9-17-10-8-12/h3-10H,11H2,1-2H3. The van der Waals surface area contributed by atoms with Crippen LogP contribution >= 0.6 is 0 Å². The number of carbonyl (C=O) groups is 1. The quantitative estimate of drug-likeness (QED) is 0.781. The fourth-order valence-corrected chi connectivity index (χ4v) is 2.68. The van der Waals surface area contributed by atoms with Crippen molar-refractivity contribution in [2.75, 3.05) is 11.4 Å². The molecular weight excluding hydrogens is 236 g/mol. The summed E-state index contributed by atoms with van der Waals surface area (Å²) >= 11 is 0. The van der Waals surface area contributed by atoms with Crippen molar-refractivity contribution >= 4 is 11.6 Å². The predicted molar refractivity (Wildman–Crippen MR) is 75.4 cm³/mol. The van der Waals surface area contributed by atoms with Gasteiger partial charge in [0.1, 0.15) is 0 Å². The number of carbonyl (C=O) groups excluding carboxylic acids is 1. The van der Waals surface area contributed by atoms with E-state index in [0.29, 0.717) is 12.1 Å². The van der Waals surface area contributed by atoms with E-state index in [4.69, 9.17) is 0 Å². The van der Waals surface area contributed by atoms with Crippen molar-refractivity contribution in [3.63, 3.8) is 0 Å². The Kier molecular flexibility index (Phi) is 2.63. The Morgan fingerprint density at radius 1 is 1.16 bits per heavy atom. The Morgan fingerprint density at radius 3 is 2.58 bits per heavy atom. The number of aromatic nitrogens is 1. The molecule has 1 aromatic heterocycles. The minimum absolute atomic E-state index is 0.000711. The Labute approximate surface area is 112 Å². The van der Waals surface area contributed by atoms with Crippen molar-refractivity contribution < 1.29 is 4.79 Å². The lowest BCUT2D eigenvalue weighted by Gasteiger charge is -2.20. The molecule has 1 aliphatic rings. The van der Waals surface area contributed by atoms with Crippen LogP contribution in [0.2, 0.25) is 0 Å². The highest BCUT2D eigenvalue weighted by Gasteiger charge is 2.37. The monoisotopic (exact) mass is 252 g/mol. The minimum atomic E-state index is -0.000711. The molecule has 2 aromatic rings. The Balaban J connectivity index is 2.03. The summed E-state index contributed by atoms with van der Waals surface area (Å²) in [6, 6.07) is 11.7. The van der Waals surface area contributed by atoms with Gasteiger partial charge < -0.3 is 4.90 Å². The summed E-state index contributed by atoms with van der Waals surface area (Å²) in [5.74, 6) is 0.0421. The van der Waals surface area contributed by atoms with Gasteiger partial charge in [-0.15, -0.1) is 0 Å². The Hall–Kier alpha value is -2.16. The fourth-order valence-electron chi connectivity index (χ4n) is 2.68. The summed E-state index contributed by atoms with van der Waals surface area (Å²) < 4.78 is 0. The second kappa shape index (κ2) is 4.19. The van der Waals surface area contributed by atoms with E-state index in [1.54, 1.807) is 24.5 Å². The fraction of sp³-hybridized carbons (Fsp3) is 0.250.